The van der Waals surface area contributed by atoms with Crippen LogP contribution in [0.3, 0.4) is 0 Å². The van der Waals surface area contributed by atoms with E-state index in [1.54, 1.807) is 36.6 Å². The van der Waals surface area contributed by atoms with E-state index in [1.807, 2.05) is 13.0 Å². The van der Waals surface area contributed by atoms with Gasteiger partial charge < -0.3 is 9.84 Å². The summed E-state index contributed by atoms with van der Waals surface area (Å²) in [5, 5.41) is 10.4. The van der Waals surface area contributed by atoms with Crippen molar-refractivity contribution in [1.29, 1.82) is 0 Å². The van der Waals surface area contributed by atoms with E-state index in [4.69, 9.17) is 4.74 Å². The van der Waals surface area contributed by atoms with Crippen molar-refractivity contribution in [2.75, 3.05) is 19.3 Å². The van der Waals surface area contributed by atoms with E-state index in [-0.39, 0.29) is 17.9 Å². The number of alkyl halides is 1. The van der Waals surface area contributed by atoms with Crippen molar-refractivity contribution >= 4 is 15.4 Å². The van der Waals surface area contributed by atoms with Gasteiger partial charge in [-0.1, -0.05) is 6.07 Å². The van der Waals surface area contributed by atoms with Crippen molar-refractivity contribution < 1.29 is 18.4 Å². The molecule has 2 aromatic rings. The van der Waals surface area contributed by atoms with Crippen LogP contribution >= 0.6 is 0 Å². The van der Waals surface area contributed by atoms with Crippen LogP contribution in [0.15, 0.2) is 41.3 Å². The molecule has 4 rings (SSSR count). The molecule has 0 saturated carbocycles. The third-order valence-corrected chi connectivity index (χ3v) is 6.96. The summed E-state index contributed by atoms with van der Waals surface area (Å²) >= 11 is 0. The minimum absolute atomic E-state index is 0.0219. The molecule has 1 aliphatic heterocycles. The highest BCUT2D eigenvalue weighted by molar-refractivity contribution is 7.99. The highest BCUT2D eigenvalue weighted by atomic mass is 32.2. The SMILES string of the molecule is C=S(C)(=O)c1ccc(O[C@H]2c3cc(C)cc(O)c3CC2N2CCC(F)C2)cc1. The number of likely N-dealkylation sites (tertiary alicyclic amines) is 1. The Kier molecular flexibility index (Phi) is 4.88. The van der Waals surface area contributed by atoms with Crippen LogP contribution in [0.25, 0.3) is 0 Å². The number of aryl methyl sites for hydroxylation is 1. The second-order valence-electron chi connectivity index (χ2n) is 8.02. The van der Waals surface area contributed by atoms with Gasteiger partial charge in [-0.15, -0.1) is 0 Å². The molecule has 0 aromatic heterocycles. The van der Waals surface area contributed by atoms with E-state index in [0.29, 0.717) is 36.6 Å². The van der Waals surface area contributed by atoms with E-state index in [2.05, 4.69) is 10.8 Å². The first kappa shape index (κ1) is 19.3. The molecule has 1 heterocycles. The summed E-state index contributed by atoms with van der Waals surface area (Å²) in [5.41, 5.74) is 2.81. The van der Waals surface area contributed by atoms with Gasteiger partial charge in [0, 0.05) is 35.4 Å². The zero-order chi connectivity index (χ0) is 20.1. The van der Waals surface area contributed by atoms with Gasteiger partial charge >= 0.3 is 0 Å². The average Bonchev–Trinajstić information content (AvgIpc) is 3.19. The van der Waals surface area contributed by atoms with E-state index in [9.17, 15) is 13.7 Å². The normalized spacial score (nSPS) is 26.8. The molecule has 1 N–H and O–H groups in total. The maximum Gasteiger partial charge on any atom is 0.140 e. The molecule has 28 heavy (non-hydrogen) atoms. The molecule has 1 aliphatic carbocycles. The van der Waals surface area contributed by atoms with Gasteiger partial charge in [0.1, 0.15) is 23.8 Å². The summed E-state index contributed by atoms with van der Waals surface area (Å²) in [5.74, 6) is 4.65. The number of benzene rings is 2. The van der Waals surface area contributed by atoms with E-state index < -0.39 is 15.7 Å². The van der Waals surface area contributed by atoms with Crippen molar-refractivity contribution in [2.24, 2.45) is 0 Å². The molecule has 0 spiro atoms. The number of ether oxygens (including phenoxy) is 1. The molecule has 0 amide bonds. The maximum absolute atomic E-state index is 13.8. The Balaban J connectivity index is 1.67. The van der Waals surface area contributed by atoms with Crippen molar-refractivity contribution in [3.8, 4) is 11.5 Å². The fourth-order valence-corrected chi connectivity index (χ4v) is 5.00. The van der Waals surface area contributed by atoms with Crippen LogP contribution < -0.4 is 4.74 Å². The highest BCUT2D eigenvalue weighted by Crippen LogP contribution is 2.43. The zero-order valence-corrected chi connectivity index (χ0v) is 17.0. The lowest BCUT2D eigenvalue weighted by Crippen LogP contribution is -2.38. The van der Waals surface area contributed by atoms with Gasteiger partial charge in [0.15, 0.2) is 0 Å². The highest BCUT2D eigenvalue weighted by Gasteiger charge is 2.42. The number of aromatic hydroxyl groups is 1. The smallest absolute Gasteiger partial charge is 0.140 e. The molecule has 4 nitrogen and oxygen atoms in total. The summed E-state index contributed by atoms with van der Waals surface area (Å²) in [6.45, 7) is 3.03. The Morgan fingerprint density at radius 2 is 2.00 bits per heavy atom. The molecular formula is C22H26FNO3S. The quantitative estimate of drug-likeness (QED) is 0.794. The van der Waals surface area contributed by atoms with Crippen molar-refractivity contribution in [3.63, 3.8) is 0 Å². The van der Waals surface area contributed by atoms with Gasteiger partial charge in [-0.2, -0.15) is 0 Å². The molecule has 4 atom stereocenters. The largest absolute Gasteiger partial charge is 0.508 e. The third kappa shape index (κ3) is 3.63. The van der Waals surface area contributed by atoms with Crippen LogP contribution in [0.2, 0.25) is 0 Å². The lowest BCUT2D eigenvalue weighted by atomic mass is 10.0. The number of hydrogen-bond donors (Lipinski definition) is 1. The van der Waals surface area contributed by atoms with Crippen LogP contribution in [0, 0.1) is 6.92 Å². The second-order valence-corrected chi connectivity index (χ2v) is 10.5. The van der Waals surface area contributed by atoms with E-state index >= 15 is 0 Å². The zero-order valence-electron chi connectivity index (χ0n) is 16.2. The molecule has 0 bridgehead atoms. The Bertz CT molecular complexity index is 988. The first-order valence-corrected chi connectivity index (χ1v) is 11.7. The molecule has 1 fully saturated rings. The molecule has 1 saturated heterocycles. The Labute approximate surface area is 166 Å². The van der Waals surface area contributed by atoms with Crippen molar-refractivity contribution in [2.45, 2.75) is 43.0 Å². The number of phenols is 1. The Morgan fingerprint density at radius 1 is 1.29 bits per heavy atom. The summed E-state index contributed by atoms with van der Waals surface area (Å²) in [6, 6.07) is 10.9. The molecule has 2 aromatic carbocycles. The van der Waals surface area contributed by atoms with Gasteiger partial charge in [-0.05, 0) is 71.1 Å². The van der Waals surface area contributed by atoms with E-state index in [0.717, 1.165) is 16.7 Å². The topological polar surface area (TPSA) is 49.8 Å². The number of hydrogen-bond acceptors (Lipinski definition) is 4. The standard InChI is InChI=1S/C22H26FNO3S/c1-14-10-19-18(21(25)11-14)12-20(24-9-8-15(23)13-24)22(19)27-16-4-6-17(7-5-16)28(2,3)26/h4-7,10-11,15,20,22,25H,2,8-9,12-13H2,1,3H3/t15?,20?,22-,28?/m0/s1. The first-order valence-electron chi connectivity index (χ1n) is 9.52. The van der Waals surface area contributed by atoms with Crippen molar-refractivity contribution in [1.82, 2.24) is 4.90 Å². The van der Waals surface area contributed by atoms with Gasteiger partial charge in [0.05, 0.1) is 6.04 Å². The van der Waals surface area contributed by atoms with Crippen molar-refractivity contribution in [3.05, 3.63) is 53.1 Å². The number of fused-ring (bicyclic) bond motifs is 1. The second kappa shape index (κ2) is 7.08. The monoisotopic (exact) mass is 403 g/mol. The summed E-state index contributed by atoms with van der Waals surface area (Å²) in [4.78, 5) is 2.81. The van der Waals surface area contributed by atoms with Crippen LogP contribution in [0.4, 0.5) is 4.39 Å². The fraction of sp³-hybridized carbons (Fsp3) is 0.409. The number of rotatable bonds is 4. The molecule has 6 heteroatoms. The minimum atomic E-state index is -2.28. The lowest BCUT2D eigenvalue weighted by Gasteiger charge is -2.30. The maximum atomic E-state index is 13.8. The third-order valence-electron chi connectivity index (χ3n) is 5.69. The average molecular weight is 404 g/mol. The van der Waals surface area contributed by atoms with Gasteiger partial charge in [0.25, 0.3) is 0 Å². The number of nitrogens with zero attached hydrogens (tertiary/aromatic N) is 1. The summed E-state index contributed by atoms with van der Waals surface area (Å²) in [6.07, 6.45) is 1.68. The number of phenolic OH excluding ortho intramolecular Hbond substituents is 1. The predicted molar refractivity (Wildman–Crippen MR) is 111 cm³/mol. The van der Waals surface area contributed by atoms with Crippen LogP contribution in [0.1, 0.15) is 29.2 Å². The van der Waals surface area contributed by atoms with E-state index in [1.165, 1.54) is 0 Å². The van der Waals surface area contributed by atoms with Crippen LogP contribution in [-0.2, 0) is 15.9 Å². The van der Waals surface area contributed by atoms with Crippen LogP contribution in [0.5, 0.6) is 11.5 Å². The fourth-order valence-electron chi connectivity index (χ4n) is 4.28. The molecule has 150 valence electrons. The molecule has 0 radical (unpaired) electrons. The summed E-state index contributed by atoms with van der Waals surface area (Å²) in [7, 11) is -2.28. The molecule has 2 aliphatic rings. The first-order chi connectivity index (χ1) is 13.2. The van der Waals surface area contributed by atoms with Gasteiger partial charge in [-0.3, -0.25) is 9.11 Å². The lowest BCUT2D eigenvalue weighted by molar-refractivity contribution is 0.0896. The minimum Gasteiger partial charge on any atom is -0.508 e. The Hall–Kier alpha value is -2.05. The molecule has 3 unspecified atom stereocenters. The summed E-state index contributed by atoms with van der Waals surface area (Å²) < 4.78 is 32.3. The Morgan fingerprint density at radius 3 is 2.61 bits per heavy atom. The van der Waals surface area contributed by atoms with Gasteiger partial charge in [-0.25, -0.2) is 4.39 Å². The molecular weight excluding hydrogens is 377 g/mol. The van der Waals surface area contributed by atoms with Crippen LogP contribution in [-0.4, -0.2) is 51.6 Å². The number of halogens is 1. The predicted octanol–water partition coefficient (Wildman–Crippen LogP) is 3.49. The van der Waals surface area contributed by atoms with Gasteiger partial charge in [0.2, 0.25) is 0 Å².